The predicted octanol–water partition coefficient (Wildman–Crippen LogP) is 4.35. The number of amides is 1. The molecule has 3 aromatic rings. The maximum Gasteiger partial charge on any atom is 0.230 e. The van der Waals surface area contributed by atoms with Crippen molar-refractivity contribution in [1.82, 2.24) is 4.98 Å². The Kier molecular flexibility index (Phi) is 4.54. The van der Waals surface area contributed by atoms with Crippen LogP contribution in [0.2, 0.25) is 0 Å². The normalized spacial score (nSPS) is 17.1. The van der Waals surface area contributed by atoms with Crippen molar-refractivity contribution in [3.05, 3.63) is 76.8 Å². The van der Waals surface area contributed by atoms with Crippen molar-refractivity contribution in [3.8, 4) is 0 Å². The molecule has 0 aliphatic heterocycles. The van der Waals surface area contributed by atoms with Gasteiger partial charge in [0.2, 0.25) is 5.91 Å². The predicted molar refractivity (Wildman–Crippen MR) is 114 cm³/mol. The van der Waals surface area contributed by atoms with Gasteiger partial charge < -0.3 is 16.2 Å². The van der Waals surface area contributed by atoms with Crippen molar-refractivity contribution in [2.24, 2.45) is 0 Å². The lowest BCUT2D eigenvalue weighted by Crippen LogP contribution is -2.14. The number of carbonyl (C=O) groups excluding carboxylic acids is 1. The number of thiazole rings is 1. The number of rotatable bonds is 9. The lowest BCUT2D eigenvalue weighted by atomic mass is 10.0. The molecule has 3 rings (SSSR count). The second-order valence-corrected chi connectivity index (χ2v) is 6.75. The molecule has 1 atom stereocenters. The Morgan fingerprint density at radius 1 is 1.25 bits per heavy atom. The zero-order valence-corrected chi connectivity index (χ0v) is 15.8. The molecule has 0 radical (unpaired) electrons. The van der Waals surface area contributed by atoms with Crippen LogP contribution in [0.3, 0.4) is 0 Å². The number of aliphatic hydroxyl groups is 1. The zero-order chi connectivity index (χ0) is 26.0. The van der Waals surface area contributed by atoms with Crippen LogP contribution < -0.4 is 11.1 Å². The molecule has 0 aliphatic carbocycles. The monoisotopic (exact) mass is 402 g/mol. The molecule has 6 heteroatoms. The van der Waals surface area contributed by atoms with E-state index in [2.05, 4.69) is 10.3 Å². The third-order valence-corrected chi connectivity index (χ3v) is 4.40. The topological polar surface area (TPSA) is 88.2 Å². The van der Waals surface area contributed by atoms with Gasteiger partial charge in [0.15, 0.2) is 5.13 Å². The van der Waals surface area contributed by atoms with E-state index in [1.54, 1.807) is 30.3 Å². The molecular weight excluding hydrogens is 370 g/mol. The number of hydrogen-bond donors (Lipinski definition) is 3. The number of anilines is 2. The zero-order valence-electron chi connectivity index (χ0n) is 22.0. The Hall–Kier alpha value is -2.70. The highest BCUT2D eigenvalue weighted by atomic mass is 32.1. The smallest absolute Gasteiger partial charge is 0.230 e. The van der Waals surface area contributed by atoms with Gasteiger partial charge in [-0.1, -0.05) is 48.9 Å². The van der Waals surface area contributed by atoms with E-state index in [0.717, 1.165) is 11.3 Å². The maximum absolute atomic E-state index is 12.5. The van der Waals surface area contributed by atoms with Gasteiger partial charge in [-0.05, 0) is 42.4 Å². The van der Waals surface area contributed by atoms with Crippen LogP contribution in [0, 0.1) is 0 Å². The van der Waals surface area contributed by atoms with Gasteiger partial charge in [0.1, 0.15) is 0 Å². The largest absolute Gasteiger partial charge is 0.388 e. The fraction of sp³-hybridized carbons (Fsp3) is 0.273. The van der Waals surface area contributed by atoms with Crippen LogP contribution in [0.5, 0.6) is 0 Å². The van der Waals surface area contributed by atoms with Crippen molar-refractivity contribution in [2.75, 3.05) is 11.1 Å². The number of aryl methyl sites for hydroxylation is 1. The van der Waals surface area contributed by atoms with E-state index >= 15 is 0 Å². The molecule has 28 heavy (non-hydrogen) atoms. The lowest BCUT2D eigenvalue weighted by Gasteiger charge is -2.10. The van der Waals surface area contributed by atoms with Gasteiger partial charge in [-0.15, -0.1) is 11.3 Å². The number of nitrogens with zero attached hydrogens (tertiary/aromatic N) is 1. The summed E-state index contributed by atoms with van der Waals surface area (Å²) in [6.07, 6.45) is -8.46. The summed E-state index contributed by atoms with van der Waals surface area (Å²) in [6.45, 7) is 0. The number of hydrogen-bond acceptors (Lipinski definition) is 5. The Morgan fingerprint density at radius 2 is 2.00 bits per heavy atom. The molecule has 5 nitrogen and oxygen atoms in total. The fourth-order valence-corrected chi connectivity index (χ4v) is 2.87. The van der Waals surface area contributed by atoms with E-state index in [1.165, 1.54) is 24.3 Å². The number of nitrogens with one attached hydrogen (secondary N) is 1. The average molecular weight is 403 g/mol. The third-order valence-electron chi connectivity index (χ3n) is 3.81. The van der Waals surface area contributed by atoms with E-state index in [0.29, 0.717) is 5.56 Å². The van der Waals surface area contributed by atoms with Crippen LogP contribution in [-0.4, -0.2) is 16.0 Å². The van der Waals surface area contributed by atoms with Crippen LogP contribution in [0.1, 0.15) is 51.7 Å². The summed E-state index contributed by atoms with van der Waals surface area (Å²) in [5, 5.41) is 12.4. The molecule has 0 aliphatic rings. The maximum atomic E-state index is 12.5. The highest BCUT2D eigenvalue weighted by molar-refractivity contribution is 7.13. The second kappa shape index (κ2) is 10.0. The van der Waals surface area contributed by atoms with Crippen LogP contribution in [0.15, 0.2) is 60.0 Å². The van der Waals surface area contributed by atoms with Crippen molar-refractivity contribution in [3.63, 3.8) is 0 Å². The molecule has 1 aromatic heterocycles. The third kappa shape index (κ3) is 6.18. The highest BCUT2D eigenvalue weighted by Crippen LogP contribution is 2.20. The van der Waals surface area contributed by atoms with E-state index in [-0.39, 0.29) is 34.6 Å². The van der Waals surface area contributed by atoms with Crippen LogP contribution in [-0.2, 0) is 17.5 Å². The van der Waals surface area contributed by atoms with Gasteiger partial charge in [-0.2, -0.15) is 0 Å². The number of nitrogen functional groups attached to an aromatic ring is 1. The van der Waals surface area contributed by atoms with Crippen LogP contribution in [0.25, 0.3) is 0 Å². The summed E-state index contributed by atoms with van der Waals surface area (Å²) in [4.78, 5) is 16.2. The van der Waals surface area contributed by atoms with Crippen molar-refractivity contribution in [1.29, 1.82) is 0 Å². The van der Waals surface area contributed by atoms with Gasteiger partial charge in [-0.25, -0.2) is 4.98 Å². The minimum Gasteiger partial charge on any atom is -0.388 e. The van der Waals surface area contributed by atoms with Crippen molar-refractivity contribution in [2.45, 2.75) is 38.1 Å². The molecule has 2 aromatic carbocycles. The van der Waals surface area contributed by atoms with Crippen molar-refractivity contribution >= 4 is 28.1 Å². The number of carbonyl (C=O) groups is 1. The molecular formula is C22H25N3O2S. The van der Waals surface area contributed by atoms with Gasteiger partial charge in [-0.3, -0.25) is 4.79 Å². The highest BCUT2D eigenvalue weighted by Gasteiger charge is 2.08. The van der Waals surface area contributed by atoms with Gasteiger partial charge >= 0.3 is 0 Å². The quantitative estimate of drug-likeness (QED) is 0.496. The van der Waals surface area contributed by atoms with E-state index in [9.17, 15) is 9.90 Å². The Morgan fingerprint density at radius 3 is 2.68 bits per heavy atom. The Balaban J connectivity index is 1.69. The van der Waals surface area contributed by atoms with Gasteiger partial charge in [0.05, 0.1) is 19.5 Å². The molecule has 0 spiro atoms. The minimum absolute atomic E-state index is 0.0263. The Labute approximate surface area is 179 Å². The first-order chi connectivity index (χ1) is 16.3. The molecule has 146 valence electrons. The molecule has 1 heterocycles. The summed E-state index contributed by atoms with van der Waals surface area (Å²) in [6, 6.07) is 14.1. The molecule has 0 unspecified atom stereocenters. The summed E-state index contributed by atoms with van der Waals surface area (Å²) >= 11 is 0.752. The van der Waals surface area contributed by atoms with Gasteiger partial charge in [0, 0.05) is 19.3 Å². The lowest BCUT2D eigenvalue weighted by molar-refractivity contribution is -0.115. The van der Waals surface area contributed by atoms with E-state index in [1.807, 2.05) is 0 Å². The first kappa shape index (κ1) is 12.7. The summed E-state index contributed by atoms with van der Waals surface area (Å²) < 4.78 is 57.2. The van der Waals surface area contributed by atoms with Gasteiger partial charge in [0.25, 0.3) is 0 Å². The summed E-state index contributed by atoms with van der Waals surface area (Å²) in [5.74, 6) is -1.07. The van der Waals surface area contributed by atoms with E-state index < -0.39 is 36.8 Å². The first-order valence-electron chi connectivity index (χ1n) is 12.1. The molecule has 1 amide bonds. The summed E-state index contributed by atoms with van der Waals surface area (Å²) in [7, 11) is 0. The fourth-order valence-electron chi connectivity index (χ4n) is 2.43. The minimum atomic E-state index is -2.62. The molecule has 0 saturated heterocycles. The van der Waals surface area contributed by atoms with Crippen LogP contribution >= 0.6 is 11.3 Å². The van der Waals surface area contributed by atoms with Crippen molar-refractivity contribution < 1.29 is 19.5 Å². The number of nitrogens with two attached hydrogens (primary N) is 1. The average Bonchev–Trinajstić information content (AvgIpc) is 3.16. The number of aromatic nitrogens is 1. The first-order valence-corrected chi connectivity index (χ1v) is 9.46. The molecule has 4 N–H and O–H groups in total. The van der Waals surface area contributed by atoms with E-state index in [4.69, 9.17) is 15.3 Å². The molecule has 0 bridgehead atoms. The molecule has 0 fully saturated rings. The van der Waals surface area contributed by atoms with Crippen LogP contribution in [0.4, 0.5) is 10.8 Å². The number of aliphatic hydroxyl groups excluding tert-OH is 1. The molecule has 0 saturated carbocycles. The summed E-state index contributed by atoms with van der Waals surface area (Å²) in [5.41, 5.74) is 5.92. The Bertz CT molecular complexity index is 1170. The standard InChI is InChI=1S/C22H25N3O2S/c23-22-25-19(15-28-22)14-21(27)24-18-12-10-16(11-13-18)6-4-5-9-20(26)17-7-2-1-3-8-17/h1-3,7-8,10-13,15,20,26H,4-6,9,14H2,(H2,23,25)(H,24,27)/t20-/m0/s1/i4D2,6D2,14D2,15D. The number of benzene rings is 2. The SMILES string of the molecule is [2H]c1sc(N)nc1C([2H])([2H])C(=O)Nc1ccc(C([2H])([2H])C([2H])([2H])CC[C@H](O)c2ccccc2)cc1. The second-order valence-electron chi connectivity index (χ2n) is 5.93.